The lowest BCUT2D eigenvalue weighted by Gasteiger charge is -2.19. The minimum atomic E-state index is -0.691. The molecule has 2 amide bonds. The fourth-order valence-electron chi connectivity index (χ4n) is 3.92. The van der Waals surface area contributed by atoms with Crippen molar-refractivity contribution in [1.82, 2.24) is 10.1 Å². The fraction of sp³-hybridized carbons (Fsp3) is 0.421. The lowest BCUT2D eigenvalue weighted by Crippen LogP contribution is -2.31. The number of nitrogens with two attached hydrogens (primary N) is 1. The summed E-state index contributed by atoms with van der Waals surface area (Å²) in [6.07, 6.45) is 1.56. The maximum Gasteiger partial charge on any atom is 0.410 e. The quantitative estimate of drug-likeness (QED) is 0.819. The first kappa shape index (κ1) is 18.6. The third-order valence-electron chi connectivity index (χ3n) is 5.23. The van der Waals surface area contributed by atoms with Gasteiger partial charge in [-0.25, -0.2) is 4.79 Å². The first-order valence-corrected chi connectivity index (χ1v) is 9.45. The van der Waals surface area contributed by atoms with Gasteiger partial charge in [-0.05, 0) is 48.9 Å². The van der Waals surface area contributed by atoms with E-state index in [-0.39, 0.29) is 24.2 Å². The van der Waals surface area contributed by atoms with E-state index in [1.807, 2.05) is 24.3 Å². The van der Waals surface area contributed by atoms with Gasteiger partial charge in [0.05, 0.1) is 6.10 Å². The highest BCUT2D eigenvalue weighted by molar-refractivity contribution is 6.30. The molecule has 2 aromatic rings. The third-order valence-corrected chi connectivity index (χ3v) is 5.48. The van der Waals surface area contributed by atoms with Gasteiger partial charge in [-0.3, -0.25) is 4.79 Å². The number of halogens is 1. The number of rotatable bonds is 5. The molecule has 8 nitrogen and oxygen atoms in total. The van der Waals surface area contributed by atoms with Gasteiger partial charge in [0.15, 0.2) is 18.1 Å². The van der Waals surface area contributed by atoms with Gasteiger partial charge < -0.3 is 24.6 Å². The van der Waals surface area contributed by atoms with Crippen LogP contribution in [0.15, 0.2) is 34.9 Å². The molecule has 1 aromatic heterocycles. The molecular formula is C19H20ClN3O5. The fourth-order valence-corrected chi connectivity index (χ4v) is 4.04. The van der Waals surface area contributed by atoms with Crippen molar-refractivity contribution in [1.29, 1.82) is 0 Å². The molecule has 9 heteroatoms. The van der Waals surface area contributed by atoms with Crippen molar-refractivity contribution in [3.8, 4) is 5.75 Å². The number of likely N-dealkylation sites (tertiary alicyclic amines) is 1. The number of nitrogens with zero attached hydrogens (tertiary/aromatic N) is 2. The van der Waals surface area contributed by atoms with Gasteiger partial charge in [0, 0.05) is 24.2 Å². The number of fused-ring (bicyclic) bond motifs is 1. The zero-order valence-corrected chi connectivity index (χ0v) is 15.8. The Morgan fingerprint density at radius 2 is 1.89 bits per heavy atom. The van der Waals surface area contributed by atoms with E-state index in [2.05, 4.69) is 5.16 Å². The Balaban J connectivity index is 1.24. The molecular weight excluding hydrogens is 386 g/mol. The summed E-state index contributed by atoms with van der Waals surface area (Å²) in [6, 6.07) is 8.73. The molecule has 1 saturated carbocycles. The van der Waals surface area contributed by atoms with Crippen molar-refractivity contribution in [2.24, 2.45) is 17.6 Å². The van der Waals surface area contributed by atoms with Crippen LogP contribution in [0, 0.1) is 11.8 Å². The number of ether oxygens (including phenoxy) is 2. The van der Waals surface area contributed by atoms with Crippen LogP contribution in [-0.4, -0.2) is 41.3 Å². The standard InChI is InChI=1S/C19H20ClN3O5/c20-13-1-3-14(4-2-13)27-15-5-11-8-23(9-12(11)6-15)19(25)26-10-16-7-17(18(21)24)22-28-16/h1-4,7,11-12,15H,5-6,8-10H2,(H2,21,24)/t11-,12+,15-. The molecule has 0 unspecified atom stereocenters. The molecule has 0 radical (unpaired) electrons. The Kier molecular flexibility index (Phi) is 5.13. The van der Waals surface area contributed by atoms with Gasteiger partial charge in [-0.2, -0.15) is 0 Å². The van der Waals surface area contributed by atoms with E-state index in [1.54, 1.807) is 4.90 Å². The lowest BCUT2D eigenvalue weighted by atomic mass is 10.0. The largest absolute Gasteiger partial charge is 0.490 e. The van der Waals surface area contributed by atoms with E-state index in [0.717, 1.165) is 18.6 Å². The van der Waals surface area contributed by atoms with Crippen LogP contribution in [0.5, 0.6) is 5.75 Å². The summed E-state index contributed by atoms with van der Waals surface area (Å²) < 4.78 is 16.2. The number of amides is 2. The average molecular weight is 406 g/mol. The molecule has 1 aliphatic carbocycles. The smallest absolute Gasteiger partial charge is 0.410 e. The molecule has 4 rings (SSSR count). The Bertz CT molecular complexity index is 855. The minimum Gasteiger partial charge on any atom is -0.490 e. The number of benzene rings is 1. The summed E-state index contributed by atoms with van der Waals surface area (Å²) >= 11 is 5.90. The topological polar surface area (TPSA) is 108 Å². The molecule has 1 aromatic carbocycles. The highest BCUT2D eigenvalue weighted by Gasteiger charge is 2.43. The summed E-state index contributed by atoms with van der Waals surface area (Å²) in [7, 11) is 0. The molecule has 2 aliphatic rings. The monoisotopic (exact) mass is 405 g/mol. The van der Waals surface area contributed by atoms with Crippen molar-refractivity contribution in [2.75, 3.05) is 13.1 Å². The predicted molar refractivity (Wildman–Crippen MR) is 98.9 cm³/mol. The zero-order valence-electron chi connectivity index (χ0n) is 15.0. The summed E-state index contributed by atoms with van der Waals surface area (Å²) in [5, 5.41) is 4.19. The summed E-state index contributed by atoms with van der Waals surface area (Å²) in [6.45, 7) is 1.20. The molecule has 3 atom stereocenters. The Morgan fingerprint density at radius 3 is 2.50 bits per heavy atom. The van der Waals surface area contributed by atoms with Gasteiger partial charge in [0.2, 0.25) is 0 Å². The summed E-state index contributed by atoms with van der Waals surface area (Å²) in [4.78, 5) is 25.0. The van der Waals surface area contributed by atoms with Gasteiger partial charge in [0.1, 0.15) is 5.75 Å². The van der Waals surface area contributed by atoms with Crippen molar-refractivity contribution in [3.63, 3.8) is 0 Å². The first-order valence-electron chi connectivity index (χ1n) is 9.07. The van der Waals surface area contributed by atoms with Crippen LogP contribution in [0.3, 0.4) is 0 Å². The maximum atomic E-state index is 12.3. The predicted octanol–water partition coefficient (Wildman–Crippen LogP) is 2.85. The summed E-state index contributed by atoms with van der Waals surface area (Å²) in [5.74, 6) is 1.20. The zero-order chi connectivity index (χ0) is 19.7. The number of carbonyl (C=O) groups is 2. The van der Waals surface area contributed by atoms with Gasteiger partial charge in [-0.15, -0.1) is 0 Å². The Labute approximate surface area is 166 Å². The molecule has 2 heterocycles. The third kappa shape index (κ3) is 4.06. The van der Waals surface area contributed by atoms with E-state index in [9.17, 15) is 9.59 Å². The number of aromatic nitrogens is 1. The molecule has 1 aliphatic heterocycles. The maximum absolute atomic E-state index is 12.3. The van der Waals surface area contributed by atoms with Crippen LogP contribution >= 0.6 is 11.6 Å². The van der Waals surface area contributed by atoms with E-state index in [0.29, 0.717) is 29.9 Å². The second kappa shape index (κ2) is 7.71. The van der Waals surface area contributed by atoms with Crippen LogP contribution in [-0.2, 0) is 11.3 Å². The summed E-state index contributed by atoms with van der Waals surface area (Å²) in [5.41, 5.74) is 5.12. The molecule has 2 fully saturated rings. The molecule has 148 valence electrons. The number of primary amides is 1. The SMILES string of the molecule is NC(=O)c1cc(COC(=O)N2C[C@H]3C[C@@H](Oc4ccc(Cl)cc4)C[C@H]3C2)on1. The Hall–Kier alpha value is -2.74. The normalized spacial score (nSPS) is 23.5. The van der Waals surface area contributed by atoms with E-state index >= 15 is 0 Å². The van der Waals surface area contributed by atoms with E-state index in [1.165, 1.54) is 6.07 Å². The van der Waals surface area contributed by atoms with Gasteiger partial charge >= 0.3 is 6.09 Å². The molecule has 2 N–H and O–H groups in total. The van der Waals surface area contributed by atoms with Gasteiger partial charge in [0.25, 0.3) is 5.91 Å². The van der Waals surface area contributed by atoms with Crippen LogP contribution < -0.4 is 10.5 Å². The number of hydrogen-bond acceptors (Lipinski definition) is 6. The van der Waals surface area contributed by atoms with Crippen molar-refractivity contribution in [2.45, 2.75) is 25.6 Å². The lowest BCUT2D eigenvalue weighted by molar-refractivity contribution is 0.0899. The average Bonchev–Trinajstić information content (AvgIpc) is 3.36. The number of hydrogen-bond donors (Lipinski definition) is 1. The van der Waals surface area contributed by atoms with Crippen molar-refractivity contribution in [3.05, 3.63) is 46.8 Å². The minimum absolute atomic E-state index is 0.00785. The van der Waals surface area contributed by atoms with Crippen LogP contribution in [0.25, 0.3) is 0 Å². The highest BCUT2D eigenvalue weighted by Crippen LogP contribution is 2.40. The van der Waals surface area contributed by atoms with Crippen LogP contribution in [0.2, 0.25) is 5.02 Å². The van der Waals surface area contributed by atoms with Crippen molar-refractivity contribution < 1.29 is 23.6 Å². The van der Waals surface area contributed by atoms with Gasteiger partial charge in [-0.1, -0.05) is 16.8 Å². The molecule has 28 heavy (non-hydrogen) atoms. The number of carbonyl (C=O) groups excluding carboxylic acids is 2. The first-order chi connectivity index (χ1) is 13.5. The second-order valence-electron chi connectivity index (χ2n) is 7.19. The Morgan fingerprint density at radius 1 is 1.21 bits per heavy atom. The molecule has 1 saturated heterocycles. The highest BCUT2D eigenvalue weighted by atomic mass is 35.5. The molecule has 0 bridgehead atoms. The molecule has 0 spiro atoms. The van der Waals surface area contributed by atoms with Crippen LogP contribution in [0.1, 0.15) is 29.1 Å². The van der Waals surface area contributed by atoms with E-state index < -0.39 is 12.0 Å². The second-order valence-corrected chi connectivity index (χ2v) is 7.62. The van der Waals surface area contributed by atoms with E-state index in [4.69, 9.17) is 31.3 Å². The van der Waals surface area contributed by atoms with Crippen LogP contribution in [0.4, 0.5) is 4.79 Å². The van der Waals surface area contributed by atoms with Crippen molar-refractivity contribution >= 4 is 23.6 Å².